The maximum Gasteiger partial charge on any atom is 0.224 e. The summed E-state index contributed by atoms with van der Waals surface area (Å²) < 4.78 is 0.739. The van der Waals surface area contributed by atoms with Crippen molar-refractivity contribution in [2.24, 2.45) is 0 Å². The molecule has 94 valence electrons. The standard InChI is InChI=1S/C13H12ClNOS2/c14-12-6-5-11(18-12)8-15-13(16)7-9-1-3-10(17)4-2-9/h1-6,17H,7-8H2,(H,15,16). The Morgan fingerprint density at radius 3 is 2.56 bits per heavy atom. The zero-order chi connectivity index (χ0) is 13.0. The summed E-state index contributed by atoms with van der Waals surface area (Å²) in [6.45, 7) is 0.529. The van der Waals surface area contributed by atoms with Crippen LogP contribution in [-0.4, -0.2) is 5.91 Å². The lowest BCUT2D eigenvalue weighted by Crippen LogP contribution is -2.24. The van der Waals surface area contributed by atoms with Gasteiger partial charge in [0.25, 0.3) is 0 Å². The molecule has 5 heteroatoms. The van der Waals surface area contributed by atoms with E-state index in [1.54, 1.807) is 0 Å². The third kappa shape index (κ3) is 4.05. The molecule has 1 heterocycles. The first-order valence-corrected chi connectivity index (χ1v) is 7.06. The molecule has 0 aliphatic heterocycles. The van der Waals surface area contributed by atoms with Crippen molar-refractivity contribution in [2.75, 3.05) is 0 Å². The maximum absolute atomic E-state index is 11.7. The minimum Gasteiger partial charge on any atom is -0.351 e. The molecular weight excluding hydrogens is 286 g/mol. The summed E-state index contributed by atoms with van der Waals surface area (Å²) in [6.07, 6.45) is 0.382. The summed E-state index contributed by atoms with van der Waals surface area (Å²) in [6, 6.07) is 11.3. The fourth-order valence-electron chi connectivity index (χ4n) is 1.49. The Morgan fingerprint density at radius 1 is 1.22 bits per heavy atom. The molecule has 2 aromatic rings. The van der Waals surface area contributed by atoms with E-state index in [0.29, 0.717) is 13.0 Å². The molecule has 0 aliphatic rings. The summed E-state index contributed by atoms with van der Waals surface area (Å²) >= 11 is 11.5. The van der Waals surface area contributed by atoms with Crippen molar-refractivity contribution in [3.63, 3.8) is 0 Å². The SMILES string of the molecule is O=C(Cc1ccc(S)cc1)NCc1ccc(Cl)s1. The summed E-state index contributed by atoms with van der Waals surface area (Å²) in [4.78, 5) is 13.7. The number of amides is 1. The van der Waals surface area contributed by atoms with E-state index in [1.807, 2.05) is 36.4 Å². The molecule has 0 atom stereocenters. The highest BCUT2D eigenvalue weighted by Gasteiger charge is 2.04. The van der Waals surface area contributed by atoms with Gasteiger partial charge in [-0.3, -0.25) is 4.79 Å². The number of hydrogen-bond acceptors (Lipinski definition) is 3. The number of hydrogen-bond donors (Lipinski definition) is 2. The van der Waals surface area contributed by atoms with Crippen molar-refractivity contribution in [1.29, 1.82) is 0 Å². The zero-order valence-electron chi connectivity index (χ0n) is 9.52. The van der Waals surface area contributed by atoms with E-state index < -0.39 is 0 Å². The first kappa shape index (κ1) is 13.5. The van der Waals surface area contributed by atoms with Crippen molar-refractivity contribution in [3.05, 3.63) is 51.2 Å². The molecule has 0 radical (unpaired) electrons. The van der Waals surface area contributed by atoms with Gasteiger partial charge >= 0.3 is 0 Å². The smallest absolute Gasteiger partial charge is 0.224 e. The Hall–Kier alpha value is -0.970. The van der Waals surface area contributed by atoms with Crippen LogP contribution in [0, 0.1) is 0 Å². The van der Waals surface area contributed by atoms with E-state index >= 15 is 0 Å². The van der Waals surface area contributed by atoms with Crippen LogP contribution in [-0.2, 0) is 17.8 Å². The molecule has 0 unspecified atom stereocenters. The monoisotopic (exact) mass is 297 g/mol. The average Bonchev–Trinajstić information content (AvgIpc) is 2.76. The second-order valence-corrected chi connectivity index (χ2v) is 6.14. The highest BCUT2D eigenvalue weighted by atomic mass is 35.5. The summed E-state index contributed by atoms with van der Waals surface area (Å²) in [5.74, 6) is 0.00596. The average molecular weight is 298 g/mol. The fraction of sp³-hybridized carbons (Fsp3) is 0.154. The molecule has 1 N–H and O–H groups in total. The maximum atomic E-state index is 11.7. The topological polar surface area (TPSA) is 29.1 Å². The molecule has 18 heavy (non-hydrogen) atoms. The molecule has 0 spiro atoms. The highest BCUT2D eigenvalue weighted by Crippen LogP contribution is 2.21. The third-order valence-electron chi connectivity index (χ3n) is 2.39. The number of rotatable bonds is 4. The van der Waals surface area contributed by atoms with E-state index in [9.17, 15) is 4.79 Å². The van der Waals surface area contributed by atoms with Crippen LogP contribution in [0.3, 0.4) is 0 Å². The molecule has 0 aliphatic carbocycles. The first-order chi connectivity index (χ1) is 8.63. The molecule has 1 amide bonds. The predicted octanol–water partition coefficient (Wildman–Crippen LogP) is 3.55. The van der Waals surface area contributed by atoms with Gasteiger partial charge in [-0.1, -0.05) is 23.7 Å². The zero-order valence-corrected chi connectivity index (χ0v) is 12.0. The Labute approximate surface area is 120 Å². The number of benzene rings is 1. The van der Waals surface area contributed by atoms with Gasteiger partial charge in [-0.05, 0) is 29.8 Å². The van der Waals surface area contributed by atoms with Gasteiger partial charge in [0.1, 0.15) is 0 Å². The fourth-order valence-corrected chi connectivity index (χ4v) is 2.67. The number of carbonyl (C=O) groups excluding carboxylic acids is 1. The number of halogens is 1. The Morgan fingerprint density at radius 2 is 1.94 bits per heavy atom. The third-order valence-corrected chi connectivity index (χ3v) is 3.92. The first-order valence-electron chi connectivity index (χ1n) is 5.42. The van der Waals surface area contributed by atoms with E-state index in [1.165, 1.54) is 11.3 Å². The van der Waals surface area contributed by atoms with E-state index in [0.717, 1.165) is 19.7 Å². The van der Waals surface area contributed by atoms with Crippen LogP contribution >= 0.6 is 35.6 Å². The van der Waals surface area contributed by atoms with Gasteiger partial charge in [-0.2, -0.15) is 0 Å². The lowest BCUT2D eigenvalue weighted by atomic mass is 10.1. The molecule has 1 aromatic carbocycles. The second-order valence-electron chi connectivity index (χ2n) is 3.83. The van der Waals surface area contributed by atoms with Gasteiger partial charge in [0.15, 0.2) is 0 Å². The van der Waals surface area contributed by atoms with E-state index in [4.69, 9.17) is 11.6 Å². The number of thiol groups is 1. The Bertz CT molecular complexity index is 536. The minimum atomic E-state index is 0.00596. The van der Waals surface area contributed by atoms with Crippen LogP contribution in [0.15, 0.2) is 41.3 Å². The van der Waals surface area contributed by atoms with Gasteiger partial charge in [0, 0.05) is 9.77 Å². The van der Waals surface area contributed by atoms with Crippen LogP contribution in [0.1, 0.15) is 10.4 Å². The number of nitrogens with one attached hydrogen (secondary N) is 1. The van der Waals surface area contributed by atoms with Crippen LogP contribution in [0.25, 0.3) is 0 Å². The second kappa shape index (κ2) is 6.27. The van der Waals surface area contributed by atoms with Crippen molar-refractivity contribution in [1.82, 2.24) is 5.32 Å². The molecule has 0 fully saturated rings. The largest absolute Gasteiger partial charge is 0.351 e. The van der Waals surface area contributed by atoms with E-state index in [2.05, 4.69) is 17.9 Å². The van der Waals surface area contributed by atoms with Gasteiger partial charge in [0.2, 0.25) is 5.91 Å². The number of thiophene rings is 1. The molecule has 0 bridgehead atoms. The normalized spacial score (nSPS) is 10.3. The highest BCUT2D eigenvalue weighted by molar-refractivity contribution is 7.80. The summed E-state index contributed by atoms with van der Waals surface area (Å²) in [5, 5.41) is 2.87. The predicted molar refractivity (Wildman–Crippen MR) is 78.6 cm³/mol. The Kier molecular flexibility index (Phi) is 4.69. The van der Waals surface area contributed by atoms with Crippen molar-refractivity contribution in [3.8, 4) is 0 Å². The lowest BCUT2D eigenvalue weighted by Gasteiger charge is -2.04. The summed E-state index contributed by atoms with van der Waals surface area (Å²) in [7, 11) is 0. The molecule has 2 nitrogen and oxygen atoms in total. The van der Waals surface area contributed by atoms with Crippen LogP contribution < -0.4 is 5.32 Å². The van der Waals surface area contributed by atoms with Gasteiger partial charge in [-0.25, -0.2) is 0 Å². The van der Waals surface area contributed by atoms with E-state index in [-0.39, 0.29) is 5.91 Å². The van der Waals surface area contributed by atoms with Gasteiger partial charge in [-0.15, -0.1) is 24.0 Å². The van der Waals surface area contributed by atoms with Crippen molar-refractivity contribution >= 4 is 41.5 Å². The molecule has 0 saturated heterocycles. The number of carbonyl (C=O) groups is 1. The Balaban J connectivity index is 1.83. The quantitative estimate of drug-likeness (QED) is 0.830. The van der Waals surface area contributed by atoms with Crippen LogP contribution in [0.4, 0.5) is 0 Å². The van der Waals surface area contributed by atoms with Crippen LogP contribution in [0.5, 0.6) is 0 Å². The minimum absolute atomic E-state index is 0.00596. The lowest BCUT2D eigenvalue weighted by molar-refractivity contribution is -0.120. The van der Waals surface area contributed by atoms with Crippen LogP contribution in [0.2, 0.25) is 4.34 Å². The molecule has 1 aromatic heterocycles. The summed E-state index contributed by atoms with van der Waals surface area (Å²) in [5.41, 5.74) is 0.981. The van der Waals surface area contributed by atoms with Crippen molar-refractivity contribution in [2.45, 2.75) is 17.9 Å². The molecule has 0 saturated carbocycles. The van der Waals surface area contributed by atoms with Gasteiger partial charge in [0.05, 0.1) is 17.3 Å². The van der Waals surface area contributed by atoms with Crippen molar-refractivity contribution < 1.29 is 4.79 Å². The molecular formula is C13H12ClNOS2. The molecule has 2 rings (SSSR count). The van der Waals surface area contributed by atoms with Gasteiger partial charge < -0.3 is 5.32 Å².